The molecule has 0 aliphatic heterocycles. The van der Waals surface area contributed by atoms with Crippen LogP contribution < -0.4 is 10.6 Å². The van der Waals surface area contributed by atoms with E-state index in [1.54, 1.807) is 29.2 Å². The van der Waals surface area contributed by atoms with E-state index in [2.05, 4.69) is 20.7 Å². The van der Waals surface area contributed by atoms with E-state index in [-0.39, 0.29) is 12.1 Å². The third kappa shape index (κ3) is 4.45. The van der Waals surface area contributed by atoms with E-state index in [0.717, 1.165) is 0 Å². The highest BCUT2D eigenvalue weighted by Crippen LogP contribution is 2.18. The molecule has 0 unspecified atom stereocenters. The molecule has 0 aromatic carbocycles. The van der Waals surface area contributed by atoms with Crippen molar-refractivity contribution in [3.8, 4) is 5.82 Å². The van der Waals surface area contributed by atoms with Crippen molar-refractivity contribution in [3.05, 3.63) is 60.9 Å². The van der Waals surface area contributed by atoms with Gasteiger partial charge in [0.2, 0.25) is 0 Å². The molecular formula is C17H19N5O3. The van der Waals surface area contributed by atoms with Gasteiger partial charge in [-0.05, 0) is 31.2 Å². The zero-order valence-electron chi connectivity index (χ0n) is 13.7. The fraction of sp³-hybridized carbons (Fsp3) is 0.235. The van der Waals surface area contributed by atoms with E-state index >= 15 is 0 Å². The summed E-state index contributed by atoms with van der Waals surface area (Å²) in [5, 5.41) is 19.7. The van der Waals surface area contributed by atoms with Crippen molar-refractivity contribution >= 4 is 11.7 Å². The number of hydrogen-bond acceptors (Lipinski definition) is 5. The second kappa shape index (κ2) is 7.63. The molecule has 0 aliphatic rings. The van der Waals surface area contributed by atoms with Gasteiger partial charge in [0.25, 0.3) is 0 Å². The van der Waals surface area contributed by atoms with Gasteiger partial charge in [0.15, 0.2) is 5.82 Å². The molecule has 3 rings (SSSR count). The first-order chi connectivity index (χ1) is 12.1. The number of carbonyl (C=O) groups excluding carboxylic acids is 1. The van der Waals surface area contributed by atoms with E-state index in [9.17, 15) is 9.90 Å². The number of amides is 2. The highest BCUT2D eigenvalue weighted by molar-refractivity contribution is 5.89. The molecule has 130 valence electrons. The SMILES string of the molecule is C[C@@H](C[C@@H](O)c1ccco1)NC(=O)Nc1cnn(-c2ccccn2)c1. The van der Waals surface area contributed by atoms with Crippen molar-refractivity contribution in [2.45, 2.75) is 25.5 Å². The molecule has 0 aliphatic carbocycles. The third-order valence-corrected chi connectivity index (χ3v) is 3.55. The summed E-state index contributed by atoms with van der Waals surface area (Å²) in [5.74, 6) is 1.14. The van der Waals surface area contributed by atoms with Crippen LogP contribution in [0.15, 0.2) is 59.6 Å². The number of urea groups is 1. The molecule has 2 atom stereocenters. The van der Waals surface area contributed by atoms with E-state index in [4.69, 9.17) is 4.42 Å². The average Bonchev–Trinajstić information content (AvgIpc) is 3.27. The maximum atomic E-state index is 12.1. The van der Waals surface area contributed by atoms with Gasteiger partial charge in [0.05, 0.1) is 24.3 Å². The quantitative estimate of drug-likeness (QED) is 0.639. The van der Waals surface area contributed by atoms with Gasteiger partial charge in [-0.25, -0.2) is 14.5 Å². The van der Waals surface area contributed by atoms with Crippen molar-refractivity contribution in [3.63, 3.8) is 0 Å². The lowest BCUT2D eigenvalue weighted by molar-refractivity contribution is 0.130. The number of pyridine rings is 1. The Hall–Kier alpha value is -3.13. The smallest absolute Gasteiger partial charge is 0.319 e. The van der Waals surface area contributed by atoms with E-state index < -0.39 is 6.10 Å². The molecule has 3 aromatic rings. The molecular weight excluding hydrogens is 322 g/mol. The summed E-state index contributed by atoms with van der Waals surface area (Å²) in [6.45, 7) is 1.81. The Morgan fingerprint density at radius 2 is 2.24 bits per heavy atom. The lowest BCUT2D eigenvalue weighted by Crippen LogP contribution is -2.36. The van der Waals surface area contributed by atoms with E-state index in [1.165, 1.54) is 12.5 Å². The monoisotopic (exact) mass is 341 g/mol. The Morgan fingerprint density at radius 3 is 2.96 bits per heavy atom. The molecule has 0 saturated carbocycles. The number of hydrogen-bond donors (Lipinski definition) is 3. The molecule has 0 fully saturated rings. The zero-order chi connectivity index (χ0) is 17.6. The second-order valence-corrected chi connectivity index (χ2v) is 5.63. The Kier molecular flexibility index (Phi) is 5.10. The third-order valence-electron chi connectivity index (χ3n) is 3.55. The first kappa shape index (κ1) is 16.7. The minimum absolute atomic E-state index is 0.245. The number of rotatable bonds is 6. The van der Waals surface area contributed by atoms with Crippen LogP contribution in [0, 0.1) is 0 Å². The molecule has 8 nitrogen and oxygen atoms in total. The highest BCUT2D eigenvalue weighted by Gasteiger charge is 2.16. The molecule has 2 amide bonds. The first-order valence-electron chi connectivity index (χ1n) is 7.87. The van der Waals surface area contributed by atoms with Crippen LogP contribution in [0.4, 0.5) is 10.5 Å². The average molecular weight is 341 g/mol. The van der Waals surface area contributed by atoms with Crippen LogP contribution in [0.5, 0.6) is 0 Å². The highest BCUT2D eigenvalue weighted by atomic mass is 16.4. The summed E-state index contributed by atoms with van der Waals surface area (Å²) in [6.07, 6.45) is 5.96. The molecule has 3 N–H and O–H groups in total. The summed E-state index contributed by atoms with van der Waals surface area (Å²) >= 11 is 0. The van der Waals surface area contributed by atoms with Gasteiger partial charge in [-0.3, -0.25) is 0 Å². The molecule has 0 bridgehead atoms. The molecule has 0 saturated heterocycles. The fourth-order valence-corrected chi connectivity index (χ4v) is 2.38. The number of nitrogens with zero attached hydrogens (tertiary/aromatic N) is 3. The van der Waals surface area contributed by atoms with Gasteiger partial charge < -0.3 is 20.2 Å². The summed E-state index contributed by atoms with van der Waals surface area (Å²) in [6, 6.07) is 8.28. The van der Waals surface area contributed by atoms with Crippen molar-refractivity contribution in [2.24, 2.45) is 0 Å². The van der Waals surface area contributed by atoms with Crippen LogP contribution in [-0.4, -0.2) is 31.9 Å². The van der Waals surface area contributed by atoms with Gasteiger partial charge in [-0.1, -0.05) is 6.07 Å². The number of furan rings is 1. The number of aliphatic hydroxyl groups is 1. The Morgan fingerprint density at radius 1 is 1.36 bits per heavy atom. The number of aliphatic hydroxyl groups excluding tert-OH is 1. The Balaban J connectivity index is 1.51. The largest absolute Gasteiger partial charge is 0.467 e. The van der Waals surface area contributed by atoms with Gasteiger partial charge in [-0.2, -0.15) is 5.10 Å². The number of anilines is 1. The van der Waals surface area contributed by atoms with Crippen LogP contribution in [0.25, 0.3) is 5.82 Å². The van der Waals surface area contributed by atoms with Crippen molar-refractivity contribution in [2.75, 3.05) is 5.32 Å². The van der Waals surface area contributed by atoms with Gasteiger partial charge in [0, 0.05) is 18.7 Å². The molecule has 3 heterocycles. The van der Waals surface area contributed by atoms with Crippen LogP contribution >= 0.6 is 0 Å². The first-order valence-corrected chi connectivity index (χ1v) is 7.87. The lowest BCUT2D eigenvalue weighted by atomic mass is 10.1. The number of aromatic nitrogens is 3. The molecule has 0 radical (unpaired) electrons. The van der Waals surface area contributed by atoms with Crippen LogP contribution in [-0.2, 0) is 0 Å². The summed E-state index contributed by atoms with van der Waals surface area (Å²) in [4.78, 5) is 16.2. The van der Waals surface area contributed by atoms with Crippen LogP contribution in [0.3, 0.4) is 0 Å². The van der Waals surface area contributed by atoms with Gasteiger partial charge in [-0.15, -0.1) is 0 Å². The minimum Gasteiger partial charge on any atom is -0.467 e. The van der Waals surface area contributed by atoms with Crippen LogP contribution in [0.2, 0.25) is 0 Å². The van der Waals surface area contributed by atoms with Crippen molar-refractivity contribution < 1.29 is 14.3 Å². The van der Waals surface area contributed by atoms with Gasteiger partial charge in [0.1, 0.15) is 11.9 Å². The second-order valence-electron chi connectivity index (χ2n) is 5.63. The normalized spacial score (nSPS) is 13.2. The van der Waals surface area contributed by atoms with Crippen molar-refractivity contribution in [1.82, 2.24) is 20.1 Å². The predicted molar refractivity (Wildman–Crippen MR) is 91.3 cm³/mol. The summed E-state index contributed by atoms with van der Waals surface area (Å²) in [5.41, 5.74) is 0.543. The van der Waals surface area contributed by atoms with E-state index in [1.807, 2.05) is 25.1 Å². The maximum Gasteiger partial charge on any atom is 0.319 e. The minimum atomic E-state index is -0.766. The summed E-state index contributed by atoms with van der Waals surface area (Å²) in [7, 11) is 0. The van der Waals surface area contributed by atoms with E-state index in [0.29, 0.717) is 23.7 Å². The molecule has 25 heavy (non-hydrogen) atoms. The summed E-state index contributed by atoms with van der Waals surface area (Å²) < 4.78 is 6.72. The fourth-order valence-electron chi connectivity index (χ4n) is 2.38. The zero-order valence-corrected chi connectivity index (χ0v) is 13.7. The maximum absolute atomic E-state index is 12.1. The number of nitrogens with one attached hydrogen (secondary N) is 2. The predicted octanol–water partition coefficient (Wildman–Crippen LogP) is 2.49. The molecule has 3 aromatic heterocycles. The van der Waals surface area contributed by atoms with Gasteiger partial charge >= 0.3 is 6.03 Å². The standard InChI is InChI=1S/C17H19N5O3/c1-12(9-14(23)15-5-4-8-25-15)20-17(24)21-13-10-19-22(11-13)16-6-2-3-7-18-16/h2-8,10-12,14,23H,9H2,1H3,(H2,20,21,24)/t12-,14+/m0/s1. The van der Waals surface area contributed by atoms with Crippen LogP contribution in [0.1, 0.15) is 25.2 Å². The number of carbonyl (C=O) groups is 1. The lowest BCUT2D eigenvalue weighted by Gasteiger charge is -2.16. The molecule has 8 heteroatoms. The topological polar surface area (TPSA) is 105 Å². The van der Waals surface area contributed by atoms with Crippen molar-refractivity contribution in [1.29, 1.82) is 0 Å². The molecule has 0 spiro atoms. The Labute approximate surface area is 144 Å². The Bertz CT molecular complexity index is 801.